The van der Waals surface area contributed by atoms with Crippen LogP contribution in [0.4, 0.5) is 0 Å². The summed E-state index contributed by atoms with van der Waals surface area (Å²) in [5.74, 6) is 1.28. The van der Waals surface area contributed by atoms with Crippen LogP contribution < -0.4 is 0 Å². The highest BCUT2D eigenvalue weighted by atomic mass is 79.9. The van der Waals surface area contributed by atoms with Gasteiger partial charge in [0, 0.05) is 35.7 Å². The van der Waals surface area contributed by atoms with Crippen LogP contribution in [0.3, 0.4) is 0 Å². The number of alkyl halides is 1. The fourth-order valence-electron chi connectivity index (χ4n) is 7.01. The molecule has 0 spiro atoms. The molecule has 5 atom stereocenters. The summed E-state index contributed by atoms with van der Waals surface area (Å²) in [7, 11) is 0. The minimum absolute atomic E-state index is 0.287. The molecule has 4 heteroatoms. The minimum Gasteiger partial charge on any atom is -0.382 e. The number of para-hydroxylation sites is 1. The van der Waals surface area contributed by atoms with Gasteiger partial charge in [0.15, 0.2) is 0 Å². The topological polar surface area (TPSA) is 33.1 Å². The van der Waals surface area contributed by atoms with Crippen molar-refractivity contribution in [2.45, 2.75) is 89.2 Å². The van der Waals surface area contributed by atoms with E-state index in [1.807, 2.05) is 12.3 Å². The first-order chi connectivity index (χ1) is 17.2. The molecule has 0 radical (unpaired) electrons. The second-order valence-electron chi connectivity index (χ2n) is 11.2. The van der Waals surface area contributed by atoms with Gasteiger partial charge >= 0.3 is 0 Å². The van der Waals surface area contributed by atoms with Gasteiger partial charge in [-0.2, -0.15) is 0 Å². The molecular formula is C31H46BrN2O+. The number of aliphatic hydroxyl groups excluding tert-OH is 1. The summed E-state index contributed by atoms with van der Waals surface area (Å²) in [4.78, 5) is 4.54. The predicted molar refractivity (Wildman–Crippen MR) is 152 cm³/mol. The van der Waals surface area contributed by atoms with Crippen molar-refractivity contribution in [3.05, 3.63) is 54.7 Å². The van der Waals surface area contributed by atoms with Crippen molar-refractivity contribution in [3.63, 3.8) is 0 Å². The number of pyridine rings is 1. The zero-order valence-electron chi connectivity index (χ0n) is 21.6. The fraction of sp³-hybridized carbons (Fsp3) is 0.645. The van der Waals surface area contributed by atoms with E-state index in [0.717, 1.165) is 39.2 Å². The first-order valence-electron chi connectivity index (χ1n) is 14.2. The molecule has 2 bridgehead atoms. The number of halogens is 1. The molecule has 0 saturated carbocycles. The van der Waals surface area contributed by atoms with Gasteiger partial charge in [0.05, 0.1) is 25.2 Å². The van der Waals surface area contributed by atoms with E-state index in [0.29, 0.717) is 11.8 Å². The maximum absolute atomic E-state index is 11.8. The molecule has 3 nitrogen and oxygen atoms in total. The smallest absolute Gasteiger partial charge is 0.131 e. The lowest BCUT2D eigenvalue weighted by atomic mass is 9.71. The second kappa shape index (κ2) is 13.4. The number of quaternary nitrogens is 1. The summed E-state index contributed by atoms with van der Waals surface area (Å²) in [6.45, 7) is 7.76. The number of hydrogen-bond acceptors (Lipinski definition) is 2. The van der Waals surface area contributed by atoms with Gasteiger partial charge in [-0.15, -0.1) is 6.58 Å². The minimum atomic E-state index is -0.430. The third kappa shape index (κ3) is 6.56. The van der Waals surface area contributed by atoms with Gasteiger partial charge in [-0.1, -0.05) is 85.2 Å². The fourth-order valence-corrected chi connectivity index (χ4v) is 7.40. The van der Waals surface area contributed by atoms with Crippen molar-refractivity contribution in [1.82, 2.24) is 4.98 Å². The summed E-state index contributed by atoms with van der Waals surface area (Å²) in [5.41, 5.74) is 2.05. The van der Waals surface area contributed by atoms with Gasteiger partial charge < -0.3 is 9.59 Å². The van der Waals surface area contributed by atoms with Crippen LogP contribution in [-0.2, 0) is 0 Å². The molecule has 2 aromatic rings. The monoisotopic (exact) mass is 541 g/mol. The van der Waals surface area contributed by atoms with E-state index in [9.17, 15) is 5.11 Å². The number of aliphatic hydroxyl groups is 1. The van der Waals surface area contributed by atoms with Crippen LogP contribution in [0, 0.1) is 11.8 Å². The Hall–Kier alpha value is -1.23. The largest absolute Gasteiger partial charge is 0.382 e. The van der Waals surface area contributed by atoms with Crippen LogP contribution in [0.25, 0.3) is 10.9 Å². The lowest BCUT2D eigenvalue weighted by Gasteiger charge is -2.58. The summed E-state index contributed by atoms with van der Waals surface area (Å²) in [6.07, 6.45) is 19.7. The molecule has 3 aliphatic heterocycles. The number of aromatic nitrogens is 1. The average molecular weight is 543 g/mol. The van der Waals surface area contributed by atoms with Crippen LogP contribution in [0.2, 0.25) is 0 Å². The van der Waals surface area contributed by atoms with E-state index in [1.54, 1.807) is 0 Å². The molecule has 5 unspecified atom stereocenters. The van der Waals surface area contributed by atoms with Gasteiger partial charge in [-0.25, -0.2) is 0 Å². The van der Waals surface area contributed by atoms with E-state index in [4.69, 9.17) is 0 Å². The van der Waals surface area contributed by atoms with Crippen LogP contribution in [0.5, 0.6) is 0 Å². The summed E-state index contributed by atoms with van der Waals surface area (Å²) < 4.78 is 1.08. The van der Waals surface area contributed by atoms with Crippen molar-refractivity contribution in [2.75, 3.05) is 25.0 Å². The number of unbranched alkanes of at least 4 members (excludes halogenated alkanes) is 9. The van der Waals surface area contributed by atoms with Gasteiger partial charge in [0.2, 0.25) is 0 Å². The third-order valence-corrected chi connectivity index (χ3v) is 9.59. The van der Waals surface area contributed by atoms with E-state index in [2.05, 4.69) is 57.8 Å². The Balaban J connectivity index is 1.34. The molecule has 0 aliphatic carbocycles. The molecule has 1 aromatic heterocycles. The van der Waals surface area contributed by atoms with Crippen molar-refractivity contribution in [3.8, 4) is 0 Å². The van der Waals surface area contributed by atoms with Gasteiger partial charge in [-0.05, 0) is 42.9 Å². The van der Waals surface area contributed by atoms with E-state index >= 15 is 0 Å². The Morgan fingerprint density at radius 3 is 2.40 bits per heavy atom. The van der Waals surface area contributed by atoms with Crippen molar-refractivity contribution < 1.29 is 9.59 Å². The third-order valence-electron chi connectivity index (χ3n) is 9.03. The number of benzene rings is 1. The SMILES string of the molecule is C=CC1C[N+]2(CCCCCCCCCCCCBr)CCC1CC2C(O)c1ccnc2ccccc12. The zero-order chi connectivity index (χ0) is 24.5. The zero-order valence-corrected chi connectivity index (χ0v) is 23.2. The van der Waals surface area contributed by atoms with Crippen LogP contribution in [0.15, 0.2) is 49.2 Å². The molecule has 5 rings (SSSR count). The maximum atomic E-state index is 11.8. The first kappa shape index (κ1) is 26.8. The van der Waals surface area contributed by atoms with Crippen LogP contribution >= 0.6 is 15.9 Å². The van der Waals surface area contributed by atoms with Crippen molar-refractivity contribution in [2.24, 2.45) is 11.8 Å². The van der Waals surface area contributed by atoms with E-state index < -0.39 is 6.10 Å². The van der Waals surface area contributed by atoms with Crippen LogP contribution in [0.1, 0.15) is 88.7 Å². The molecule has 35 heavy (non-hydrogen) atoms. The molecule has 0 amide bonds. The van der Waals surface area contributed by atoms with E-state index in [-0.39, 0.29) is 6.04 Å². The number of piperidine rings is 3. The lowest BCUT2D eigenvalue weighted by Crippen LogP contribution is -2.68. The van der Waals surface area contributed by atoms with Gasteiger partial charge in [-0.3, -0.25) is 4.98 Å². The maximum Gasteiger partial charge on any atom is 0.131 e. The van der Waals surface area contributed by atoms with Crippen LogP contribution in [-0.4, -0.2) is 45.6 Å². The Morgan fingerprint density at radius 2 is 1.69 bits per heavy atom. The van der Waals surface area contributed by atoms with Crippen molar-refractivity contribution in [1.29, 1.82) is 0 Å². The van der Waals surface area contributed by atoms with Gasteiger partial charge in [0.1, 0.15) is 12.1 Å². The highest BCUT2D eigenvalue weighted by Gasteiger charge is 2.53. The highest BCUT2D eigenvalue weighted by Crippen LogP contribution is 2.47. The predicted octanol–water partition coefficient (Wildman–Crippen LogP) is 7.98. The first-order valence-corrected chi connectivity index (χ1v) is 15.4. The van der Waals surface area contributed by atoms with Gasteiger partial charge in [0.25, 0.3) is 0 Å². The molecule has 1 aromatic carbocycles. The molecular weight excluding hydrogens is 496 g/mol. The molecule has 3 aliphatic rings. The molecule has 3 saturated heterocycles. The standard InChI is InChI=1S/C31H46BrN2O/c1-2-25-24-34(21-14-10-8-6-4-3-5-7-9-13-19-32)22-18-26(25)23-30(34)31(35)28-17-20-33-29-16-12-11-15-27(28)29/h2,11-12,15-17,20,25-26,30-31,35H,1,3-10,13-14,18-19,21-24H2/q+1. The molecule has 192 valence electrons. The number of hydrogen-bond donors (Lipinski definition) is 1. The highest BCUT2D eigenvalue weighted by molar-refractivity contribution is 9.09. The normalized spacial score (nSPS) is 26.7. The summed E-state index contributed by atoms with van der Waals surface area (Å²) in [5, 5.41) is 14.1. The summed E-state index contributed by atoms with van der Waals surface area (Å²) in [6, 6.07) is 10.6. The number of rotatable bonds is 15. The molecule has 1 N–H and O–H groups in total. The molecule has 3 fully saturated rings. The average Bonchev–Trinajstić information content (AvgIpc) is 2.91. The second-order valence-corrected chi connectivity index (χ2v) is 12.0. The Morgan fingerprint density at radius 1 is 1.00 bits per heavy atom. The Kier molecular flexibility index (Phi) is 10.2. The lowest BCUT2D eigenvalue weighted by molar-refractivity contribution is -0.973. The Bertz CT molecular complexity index is 928. The summed E-state index contributed by atoms with van der Waals surface area (Å²) >= 11 is 3.53. The van der Waals surface area contributed by atoms with Crippen molar-refractivity contribution >= 4 is 26.8 Å². The number of nitrogens with zero attached hydrogens (tertiary/aromatic N) is 2. The number of fused-ring (bicyclic) bond motifs is 4. The Labute approximate surface area is 221 Å². The quantitative estimate of drug-likeness (QED) is 0.107. The molecule has 4 heterocycles. The van der Waals surface area contributed by atoms with E-state index in [1.165, 1.54) is 83.7 Å².